The molecule has 0 radical (unpaired) electrons. The van der Waals surface area contributed by atoms with Crippen molar-refractivity contribution >= 4 is 12.4 Å². The van der Waals surface area contributed by atoms with Gasteiger partial charge in [-0.1, -0.05) is 81.3 Å². The van der Waals surface area contributed by atoms with Crippen molar-refractivity contribution in [2.75, 3.05) is 6.54 Å². The quantitative estimate of drug-likeness (QED) is 0.398. The van der Waals surface area contributed by atoms with E-state index >= 15 is 0 Å². The van der Waals surface area contributed by atoms with Crippen molar-refractivity contribution in [2.24, 2.45) is 11.5 Å². The first-order valence-electron chi connectivity index (χ1n) is 10.6. The van der Waals surface area contributed by atoms with Crippen LogP contribution in [-0.4, -0.2) is 16.7 Å². The minimum atomic E-state index is -0.240. The van der Waals surface area contributed by atoms with E-state index in [1.165, 1.54) is 56.9 Å². The molecule has 1 atom stereocenters. The number of benzene rings is 1. The molecule has 28 heavy (non-hydrogen) atoms. The molecule has 0 bridgehead atoms. The van der Waals surface area contributed by atoms with Crippen LogP contribution in [0.1, 0.15) is 88.6 Å². The van der Waals surface area contributed by atoms with Crippen molar-refractivity contribution in [3.63, 3.8) is 0 Å². The molecule has 0 fully saturated rings. The van der Waals surface area contributed by atoms with Gasteiger partial charge in [0.25, 0.3) is 0 Å². The summed E-state index contributed by atoms with van der Waals surface area (Å²) in [7, 11) is 0. The van der Waals surface area contributed by atoms with Gasteiger partial charge in [-0.05, 0) is 37.8 Å². The van der Waals surface area contributed by atoms with Crippen LogP contribution in [0.15, 0.2) is 28.8 Å². The molecule has 5 nitrogen and oxygen atoms in total. The largest absolute Gasteiger partial charge is 0.337 e. The fourth-order valence-electron chi connectivity index (χ4n) is 3.25. The first kappa shape index (κ1) is 24.6. The summed E-state index contributed by atoms with van der Waals surface area (Å²) >= 11 is 0. The Bertz CT molecular complexity index is 630. The zero-order valence-corrected chi connectivity index (χ0v) is 18.1. The summed E-state index contributed by atoms with van der Waals surface area (Å²) in [5, 5.41) is 4.06. The first-order chi connectivity index (χ1) is 13.2. The molecule has 1 heterocycles. The van der Waals surface area contributed by atoms with Crippen LogP contribution in [0.5, 0.6) is 0 Å². The van der Waals surface area contributed by atoms with Crippen LogP contribution in [-0.2, 0) is 6.42 Å². The van der Waals surface area contributed by atoms with Crippen molar-refractivity contribution in [1.29, 1.82) is 0 Å². The lowest BCUT2D eigenvalue weighted by Gasteiger charge is -2.04. The molecular formula is C22H37ClN4O. The summed E-state index contributed by atoms with van der Waals surface area (Å²) < 4.78 is 5.31. The molecule has 2 rings (SSSR count). The summed E-state index contributed by atoms with van der Waals surface area (Å²) in [5.41, 5.74) is 13.9. The molecule has 4 N–H and O–H groups in total. The van der Waals surface area contributed by atoms with Crippen LogP contribution in [0.3, 0.4) is 0 Å². The van der Waals surface area contributed by atoms with E-state index in [0.29, 0.717) is 18.3 Å². The molecule has 0 saturated carbocycles. The maximum absolute atomic E-state index is 6.06. The van der Waals surface area contributed by atoms with E-state index in [9.17, 15) is 0 Å². The van der Waals surface area contributed by atoms with Gasteiger partial charge in [-0.3, -0.25) is 0 Å². The summed E-state index contributed by atoms with van der Waals surface area (Å²) in [4.78, 5) is 4.44. The second-order valence-electron chi connectivity index (χ2n) is 7.42. The molecule has 0 unspecified atom stereocenters. The maximum Gasteiger partial charge on any atom is 0.243 e. The van der Waals surface area contributed by atoms with Crippen LogP contribution in [0.2, 0.25) is 0 Å². The van der Waals surface area contributed by atoms with Gasteiger partial charge in [0.2, 0.25) is 11.7 Å². The topological polar surface area (TPSA) is 91.0 Å². The lowest BCUT2D eigenvalue weighted by atomic mass is 10.0. The number of nitrogens with zero attached hydrogens (tertiary/aromatic N) is 2. The number of aromatic nitrogens is 2. The highest BCUT2D eigenvalue weighted by Crippen LogP contribution is 2.21. The van der Waals surface area contributed by atoms with Gasteiger partial charge in [0.05, 0.1) is 6.04 Å². The number of aryl methyl sites for hydroxylation is 1. The minimum absolute atomic E-state index is 0. The van der Waals surface area contributed by atoms with Crippen molar-refractivity contribution in [3.05, 3.63) is 35.7 Å². The highest BCUT2D eigenvalue weighted by molar-refractivity contribution is 5.85. The summed E-state index contributed by atoms with van der Waals surface area (Å²) in [6, 6.07) is 8.23. The fourth-order valence-corrected chi connectivity index (χ4v) is 3.25. The van der Waals surface area contributed by atoms with Crippen LogP contribution in [0.4, 0.5) is 0 Å². The average molecular weight is 409 g/mol. The fraction of sp³-hybridized carbons (Fsp3) is 0.636. The lowest BCUT2D eigenvalue weighted by Crippen LogP contribution is -2.12. The minimum Gasteiger partial charge on any atom is -0.337 e. The van der Waals surface area contributed by atoms with E-state index in [4.69, 9.17) is 16.0 Å². The smallest absolute Gasteiger partial charge is 0.243 e. The molecular weight excluding hydrogens is 372 g/mol. The van der Waals surface area contributed by atoms with Crippen molar-refractivity contribution in [3.8, 4) is 11.4 Å². The van der Waals surface area contributed by atoms with E-state index in [1.807, 2.05) is 0 Å². The molecule has 0 spiro atoms. The molecule has 158 valence electrons. The zero-order chi connectivity index (χ0) is 19.3. The SMILES string of the molecule is CCCCCCCCCCc1ccc(-c2noc([C@@H](N)CCCN)n2)cc1.Cl. The van der Waals surface area contributed by atoms with Gasteiger partial charge in [-0.25, -0.2) is 0 Å². The van der Waals surface area contributed by atoms with Gasteiger partial charge >= 0.3 is 0 Å². The Kier molecular flexibility index (Phi) is 12.8. The van der Waals surface area contributed by atoms with Gasteiger partial charge in [-0.2, -0.15) is 4.98 Å². The molecule has 1 aromatic heterocycles. The Morgan fingerprint density at radius 2 is 1.57 bits per heavy atom. The van der Waals surface area contributed by atoms with E-state index in [1.54, 1.807) is 0 Å². The van der Waals surface area contributed by atoms with E-state index in [-0.39, 0.29) is 18.4 Å². The van der Waals surface area contributed by atoms with Gasteiger partial charge < -0.3 is 16.0 Å². The highest BCUT2D eigenvalue weighted by Gasteiger charge is 2.15. The van der Waals surface area contributed by atoms with Crippen LogP contribution >= 0.6 is 12.4 Å². The van der Waals surface area contributed by atoms with Gasteiger partial charge in [0, 0.05) is 5.56 Å². The molecule has 0 aliphatic heterocycles. The standard InChI is InChI=1S/C22H36N4O.ClH/c1-2-3-4-5-6-7-8-9-11-18-13-15-19(16-14-18)21-25-22(27-26-21)20(24)12-10-17-23;/h13-16,20H,2-12,17,23-24H2,1H3;1H/t20-;/m0./s1. The molecule has 0 saturated heterocycles. The summed E-state index contributed by atoms with van der Waals surface area (Å²) in [6.45, 7) is 2.89. The number of hydrogen-bond acceptors (Lipinski definition) is 5. The Hall–Kier alpha value is -1.43. The molecule has 6 heteroatoms. The predicted molar refractivity (Wildman–Crippen MR) is 119 cm³/mol. The molecule has 1 aromatic carbocycles. The second-order valence-corrected chi connectivity index (χ2v) is 7.42. The van der Waals surface area contributed by atoms with Gasteiger partial charge in [0.1, 0.15) is 0 Å². The normalized spacial score (nSPS) is 12.0. The van der Waals surface area contributed by atoms with Gasteiger partial charge in [0.15, 0.2) is 0 Å². The Morgan fingerprint density at radius 3 is 2.21 bits per heavy atom. The monoisotopic (exact) mass is 408 g/mol. The molecule has 0 aliphatic rings. The number of nitrogens with two attached hydrogens (primary N) is 2. The number of hydrogen-bond donors (Lipinski definition) is 2. The maximum atomic E-state index is 6.06. The average Bonchev–Trinajstić information content (AvgIpc) is 3.19. The Morgan fingerprint density at radius 1 is 0.929 bits per heavy atom. The van der Waals surface area contributed by atoms with Crippen molar-refractivity contribution in [1.82, 2.24) is 10.1 Å². The number of unbranched alkanes of at least 4 members (excludes halogenated alkanes) is 7. The number of halogens is 1. The first-order valence-corrected chi connectivity index (χ1v) is 10.6. The third-order valence-corrected chi connectivity index (χ3v) is 5.01. The third-order valence-electron chi connectivity index (χ3n) is 5.01. The molecule has 0 aliphatic carbocycles. The molecule has 2 aromatic rings. The van der Waals surface area contributed by atoms with E-state index < -0.39 is 0 Å². The van der Waals surface area contributed by atoms with Crippen LogP contribution < -0.4 is 11.5 Å². The van der Waals surface area contributed by atoms with Crippen LogP contribution in [0, 0.1) is 0 Å². The number of rotatable bonds is 14. The predicted octanol–water partition coefficient (Wildman–Crippen LogP) is 5.58. The highest BCUT2D eigenvalue weighted by atomic mass is 35.5. The van der Waals surface area contributed by atoms with E-state index in [2.05, 4.69) is 41.3 Å². The van der Waals surface area contributed by atoms with Crippen molar-refractivity contribution < 1.29 is 4.52 Å². The van der Waals surface area contributed by atoms with Gasteiger partial charge in [-0.15, -0.1) is 12.4 Å². The Labute approximate surface area is 176 Å². The Balaban J connectivity index is 0.00000392. The van der Waals surface area contributed by atoms with E-state index in [0.717, 1.165) is 24.8 Å². The lowest BCUT2D eigenvalue weighted by molar-refractivity contribution is 0.347. The third kappa shape index (κ3) is 8.72. The summed E-state index contributed by atoms with van der Waals surface area (Å²) in [6.07, 6.45) is 13.6. The zero-order valence-electron chi connectivity index (χ0n) is 17.2. The van der Waals surface area contributed by atoms with Crippen LogP contribution in [0.25, 0.3) is 11.4 Å². The molecule has 0 amide bonds. The van der Waals surface area contributed by atoms with Crippen molar-refractivity contribution in [2.45, 2.75) is 83.6 Å². The second kappa shape index (κ2) is 14.6. The summed E-state index contributed by atoms with van der Waals surface area (Å²) in [5.74, 6) is 1.09.